The predicted octanol–water partition coefficient (Wildman–Crippen LogP) is 2.43. The average Bonchev–Trinajstić information content (AvgIpc) is 2.42. The second-order valence-corrected chi connectivity index (χ2v) is 3.50. The van der Waals surface area contributed by atoms with Crippen molar-refractivity contribution < 1.29 is 0 Å². The highest BCUT2D eigenvalue weighted by molar-refractivity contribution is 5.95. The number of hydrogen-bond acceptors (Lipinski definition) is 3. The van der Waals surface area contributed by atoms with E-state index in [1.807, 2.05) is 30.3 Å². The predicted molar refractivity (Wildman–Crippen MR) is 67.3 cm³/mol. The number of rotatable bonds is 2. The normalized spacial score (nSPS) is 11.5. The lowest BCUT2D eigenvalue weighted by Crippen LogP contribution is -2.00. The van der Waals surface area contributed by atoms with Crippen LogP contribution in [0.1, 0.15) is 11.1 Å². The van der Waals surface area contributed by atoms with Crippen LogP contribution in [0.15, 0.2) is 54.9 Å². The Bertz CT molecular complexity index is 565. The molecular weight excluding hydrogens is 210 g/mol. The minimum Gasteiger partial charge on any atom is -0.397 e. The lowest BCUT2D eigenvalue weighted by Gasteiger charge is -2.05. The maximum atomic E-state index is 9.21. The van der Waals surface area contributed by atoms with Crippen molar-refractivity contribution in [3.63, 3.8) is 0 Å². The van der Waals surface area contributed by atoms with Crippen LogP contribution in [0.4, 0.5) is 0 Å². The van der Waals surface area contributed by atoms with Crippen molar-refractivity contribution in [2.75, 3.05) is 0 Å². The molecule has 2 N–H and O–H groups in total. The van der Waals surface area contributed by atoms with Crippen molar-refractivity contribution in [1.82, 2.24) is 4.98 Å². The summed E-state index contributed by atoms with van der Waals surface area (Å²) >= 11 is 0. The first-order valence-corrected chi connectivity index (χ1v) is 5.18. The molecule has 82 valence electrons. The zero-order valence-corrected chi connectivity index (χ0v) is 9.17. The molecule has 1 heterocycles. The van der Waals surface area contributed by atoms with Crippen LogP contribution in [0, 0.1) is 11.3 Å². The maximum absolute atomic E-state index is 9.21. The number of allylic oxidation sites excluding steroid dienone is 1. The zero-order valence-electron chi connectivity index (χ0n) is 9.17. The molecule has 1 aromatic heterocycles. The minimum absolute atomic E-state index is 0.473. The van der Waals surface area contributed by atoms with Gasteiger partial charge in [0, 0.05) is 18.0 Å². The Labute approximate surface area is 99.8 Å². The van der Waals surface area contributed by atoms with Gasteiger partial charge in [0.25, 0.3) is 0 Å². The summed E-state index contributed by atoms with van der Waals surface area (Å²) in [7, 11) is 0. The lowest BCUT2D eigenvalue weighted by molar-refractivity contribution is 1.31. The zero-order chi connectivity index (χ0) is 12.1. The molecular formula is C14H11N3. The third-order valence-electron chi connectivity index (χ3n) is 2.43. The molecule has 0 bridgehead atoms. The van der Waals surface area contributed by atoms with Crippen LogP contribution in [-0.4, -0.2) is 4.98 Å². The fourth-order valence-corrected chi connectivity index (χ4v) is 1.56. The number of benzene rings is 1. The number of aromatic nitrogens is 1. The summed E-state index contributed by atoms with van der Waals surface area (Å²) in [4.78, 5) is 3.92. The maximum Gasteiger partial charge on any atom is 0.102 e. The van der Waals surface area contributed by atoms with E-state index in [0.717, 1.165) is 11.1 Å². The van der Waals surface area contributed by atoms with Crippen LogP contribution in [-0.2, 0) is 0 Å². The van der Waals surface area contributed by atoms with Crippen molar-refractivity contribution in [2.24, 2.45) is 5.73 Å². The van der Waals surface area contributed by atoms with Crippen molar-refractivity contribution in [2.45, 2.75) is 0 Å². The van der Waals surface area contributed by atoms with Gasteiger partial charge in [-0.25, -0.2) is 0 Å². The number of nitrogens with zero attached hydrogens (tertiary/aromatic N) is 2. The Balaban J connectivity index is 2.53. The Hall–Kier alpha value is -2.60. The fourth-order valence-electron chi connectivity index (χ4n) is 1.56. The third-order valence-corrected chi connectivity index (χ3v) is 2.43. The average molecular weight is 221 g/mol. The Morgan fingerprint density at radius 3 is 2.24 bits per heavy atom. The molecule has 0 spiro atoms. The van der Waals surface area contributed by atoms with Gasteiger partial charge >= 0.3 is 0 Å². The third kappa shape index (κ3) is 2.32. The van der Waals surface area contributed by atoms with Gasteiger partial charge < -0.3 is 5.73 Å². The molecule has 0 aliphatic heterocycles. The lowest BCUT2D eigenvalue weighted by atomic mass is 10.0. The highest BCUT2D eigenvalue weighted by Gasteiger charge is 2.07. The van der Waals surface area contributed by atoms with Gasteiger partial charge in [0.2, 0.25) is 0 Å². The highest BCUT2D eigenvalue weighted by Crippen LogP contribution is 2.21. The molecule has 1 aromatic carbocycles. The smallest absolute Gasteiger partial charge is 0.102 e. The van der Waals surface area contributed by atoms with Gasteiger partial charge in [0.05, 0.1) is 11.3 Å². The van der Waals surface area contributed by atoms with Crippen LogP contribution in [0.25, 0.3) is 11.3 Å². The van der Waals surface area contributed by atoms with Crippen LogP contribution >= 0.6 is 0 Å². The van der Waals surface area contributed by atoms with Crippen LogP contribution in [0.2, 0.25) is 0 Å². The van der Waals surface area contributed by atoms with Gasteiger partial charge in [-0.3, -0.25) is 4.98 Å². The topological polar surface area (TPSA) is 62.7 Å². The van der Waals surface area contributed by atoms with E-state index in [-0.39, 0.29) is 0 Å². The fraction of sp³-hybridized carbons (Fsp3) is 0. The van der Waals surface area contributed by atoms with E-state index in [2.05, 4.69) is 11.1 Å². The molecule has 17 heavy (non-hydrogen) atoms. The highest BCUT2D eigenvalue weighted by atomic mass is 14.6. The largest absolute Gasteiger partial charge is 0.397 e. The summed E-state index contributed by atoms with van der Waals surface area (Å²) < 4.78 is 0. The Kier molecular flexibility index (Phi) is 3.18. The van der Waals surface area contributed by atoms with Gasteiger partial charge in [-0.1, -0.05) is 30.3 Å². The molecule has 0 atom stereocenters. The van der Waals surface area contributed by atoms with E-state index in [0.29, 0.717) is 11.3 Å². The van der Waals surface area contributed by atoms with Crippen molar-refractivity contribution in [1.29, 1.82) is 5.26 Å². The van der Waals surface area contributed by atoms with E-state index >= 15 is 0 Å². The van der Waals surface area contributed by atoms with Gasteiger partial charge in [0.15, 0.2) is 0 Å². The Morgan fingerprint density at radius 1 is 1.00 bits per heavy atom. The van der Waals surface area contributed by atoms with Gasteiger partial charge in [-0.2, -0.15) is 5.26 Å². The molecule has 2 rings (SSSR count). The molecule has 3 heteroatoms. The first-order chi connectivity index (χ1) is 8.33. The molecule has 2 aromatic rings. The van der Waals surface area contributed by atoms with Crippen molar-refractivity contribution >= 4 is 11.3 Å². The summed E-state index contributed by atoms with van der Waals surface area (Å²) in [5, 5.41) is 9.21. The first kappa shape index (κ1) is 10.9. The molecule has 0 saturated carbocycles. The number of pyridine rings is 1. The van der Waals surface area contributed by atoms with Gasteiger partial charge in [0.1, 0.15) is 6.07 Å². The summed E-state index contributed by atoms with van der Waals surface area (Å²) in [5.41, 5.74) is 8.60. The van der Waals surface area contributed by atoms with Gasteiger partial charge in [-0.05, 0) is 17.7 Å². The molecule has 0 radical (unpaired) electrons. The molecule has 0 saturated heterocycles. The molecule has 0 fully saturated rings. The van der Waals surface area contributed by atoms with E-state index in [1.165, 1.54) is 0 Å². The second kappa shape index (κ2) is 4.95. The van der Waals surface area contributed by atoms with E-state index in [9.17, 15) is 5.26 Å². The summed E-state index contributed by atoms with van der Waals surface area (Å²) in [6.07, 6.45) is 3.31. The summed E-state index contributed by atoms with van der Waals surface area (Å²) in [6.45, 7) is 0. The Morgan fingerprint density at radius 2 is 1.65 bits per heavy atom. The molecule has 0 unspecified atom stereocenters. The van der Waals surface area contributed by atoms with E-state index in [4.69, 9.17) is 5.73 Å². The molecule has 0 aliphatic carbocycles. The van der Waals surface area contributed by atoms with Gasteiger partial charge in [-0.15, -0.1) is 0 Å². The van der Waals surface area contributed by atoms with Crippen LogP contribution in [0.5, 0.6) is 0 Å². The van der Waals surface area contributed by atoms with E-state index in [1.54, 1.807) is 24.5 Å². The minimum atomic E-state index is 0.473. The standard InChI is InChI=1S/C14H11N3/c15-10-13(11-4-2-1-3-5-11)14(16)12-6-8-17-9-7-12/h1-9H,16H2/b14-13-. The van der Waals surface area contributed by atoms with Crippen molar-refractivity contribution in [3.8, 4) is 6.07 Å². The number of hydrogen-bond donors (Lipinski definition) is 1. The molecule has 3 nitrogen and oxygen atoms in total. The SMILES string of the molecule is N#C/C(=C(/N)c1ccncc1)c1ccccc1. The molecule has 0 amide bonds. The second-order valence-electron chi connectivity index (χ2n) is 3.50. The number of nitrogens with two attached hydrogens (primary N) is 1. The number of nitriles is 1. The van der Waals surface area contributed by atoms with Crippen molar-refractivity contribution in [3.05, 3.63) is 66.0 Å². The monoisotopic (exact) mass is 221 g/mol. The summed E-state index contributed by atoms with van der Waals surface area (Å²) in [6, 6.07) is 15.1. The quantitative estimate of drug-likeness (QED) is 0.792. The summed E-state index contributed by atoms with van der Waals surface area (Å²) in [5.74, 6) is 0. The van der Waals surface area contributed by atoms with E-state index < -0.39 is 0 Å². The van der Waals surface area contributed by atoms with Crippen LogP contribution in [0.3, 0.4) is 0 Å². The first-order valence-electron chi connectivity index (χ1n) is 5.18. The molecule has 0 aliphatic rings. The van der Waals surface area contributed by atoms with Crippen LogP contribution < -0.4 is 5.73 Å².